The second-order valence-electron chi connectivity index (χ2n) is 15.6. The third kappa shape index (κ3) is 10.2. The standard InChI is InChI=1S/C36H58O2/c1-27(25-33(3,4)5)23-31(35(9,10)29-19-15-13-16-20-29)37-38-32(24-28(2)26-34(6,7)8)36(11,12)30-21-17-14-18-22-30/h13-22,27-28,31-32H,23-26H2,1-12H3. The summed E-state index contributed by atoms with van der Waals surface area (Å²) in [6.45, 7) is 27.9. The molecule has 2 nitrogen and oxygen atoms in total. The van der Waals surface area contributed by atoms with Crippen LogP contribution in [-0.4, -0.2) is 12.2 Å². The van der Waals surface area contributed by atoms with E-state index in [0.717, 1.165) is 25.7 Å². The van der Waals surface area contributed by atoms with Gasteiger partial charge in [-0.1, -0.05) is 144 Å². The average Bonchev–Trinajstić information content (AvgIpc) is 2.79. The van der Waals surface area contributed by atoms with Gasteiger partial charge >= 0.3 is 0 Å². The van der Waals surface area contributed by atoms with Crippen LogP contribution in [0.4, 0.5) is 0 Å². The molecular formula is C36H58O2. The molecule has 0 aromatic heterocycles. The van der Waals surface area contributed by atoms with E-state index in [-0.39, 0.29) is 33.9 Å². The summed E-state index contributed by atoms with van der Waals surface area (Å²) < 4.78 is 0. The van der Waals surface area contributed by atoms with E-state index >= 15 is 0 Å². The minimum atomic E-state index is -0.189. The zero-order valence-electron chi connectivity index (χ0n) is 26.7. The van der Waals surface area contributed by atoms with E-state index in [9.17, 15) is 0 Å². The van der Waals surface area contributed by atoms with Gasteiger partial charge in [-0.3, -0.25) is 0 Å². The van der Waals surface area contributed by atoms with Crippen LogP contribution in [-0.2, 0) is 20.6 Å². The Morgan fingerprint density at radius 1 is 0.500 bits per heavy atom. The van der Waals surface area contributed by atoms with Gasteiger partial charge in [0.2, 0.25) is 0 Å². The summed E-state index contributed by atoms with van der Waals surface area (Å²) in [5.74, 6) is 1.04. The molecule has 2 aromatic carbocycles. The normalized spacial score (nSPS) is 16.6. The number of benzene rings is 2. The van der Waals surface area contributed by atoms with Crippen LogP contribution in [0.15, 0.2) is 60.7 Å². The Morgan fingerprint density at radius 2 is 0.789 bits per heavy atom. The lowest BCUT2D eigenvalue weighted by molar-refractivity contribution is -0.373. The van der Waals surface area contributed by atoms with Crippen LogP contribution in [0.2, 0.25) is 0 Å². The molecule has 0 aliphatic rings. The van der Waals surface area contributed by atoms with E-state index in [1.165, 1.54) is 11.1 Å². The second kappa shape index (κ2) is 13.1. The molecule has 0 saturated heterocycles. The fourth-order valence-corrected chi connectivity index (χ4v) is 6.14. The molecule has 0 N–H and O–H groups in total. The van der Waals surface area contributed by atoms with E-state index < -0.39 is 0 Å². The number of rotatable bonds is 13. The van der Waals surface area contributed by atoms with Gasteiger partial charge in [-0.25, -0.2) is 9.78 Å². The molecule has 0 radical (unpaired) electrons. The lowest BCUT2D eigenvalue weighted by Gasteiger charge is -2.40. The summed E-state index contributed by atoms with van der Waals surface area (Å²) in [6.07, 6.45) is 4.09. The molecule has 0 spiro atoms. The van der Waals surface area contributed by atoms with E-state index in [0.29, 0.717) is 11.8 Å². The molecule has 38 heavy (non-hydrogen) atoms. The van der Waals surface area contributed by atoms with Crippen molar-refractivity contribution < 1.29 is 9.78 Å². The van der Waals surface area contributed by atoms with Crippen molar-refractivity contribution in [1.29, 1.82) is 0 Å². The molecule has 4 atom stereocenters. The summed E-state index contributed by atoms with van der Waals surface area (Å²) in [5, 5.41) is 0. The molecule has 0 bridgehead atoms. The summed E-state index contributed by atoms with van der Waals surface area (Å²) in [5.41, 5.74) is 2.76. The summed E-state index contributed by atoms with van der Waals surface area (Å²) >= 11 is 0. The van der Waals surface area contributed by atoms with Crippen molar-refractivity contribution in [1.82, 2.24) is 0 Å². The molecule has 0 aliphatic carbocycles. The number of hydrogen-bond donors (Lipinski definition) is 0. The summed E-state index contributed by atoms with van der Waals surface area (Å²) in [4.78, 5) is 13.3. The van der Waals surface area contributed by atoms with Crippen molar-refractivity contribution in [3.8, 4) is 0 Å². The van der Waals surface area contributed by atoms with Gasteiger partial charge in [0.1, 0.15) is 12.2 Å². The highest BCUT2D eigenvalue weighted by molar-refractivity contribution is 5.26. The van der Waals surface area contributed by atoms with Gasteiger partial charge in [0.15, 0.2) is 0 Å². The van der Waals surface area contributed by atoms with Gasteiger partial charge in [-0.05, 0) is 59.5 Å². The lowest BCUT2D eigenvalue weighted by atomic mass is 9.74. The minimum absolute atomic E-state index is 0.0609. The molecule has 0 aliphatic heterocycles. The third-order valence-corrected chi connectivity index (χ3v) is 8.09. The topological polar surface area (TPSA) is 18.5 Å². The highest BCUT2D eigenvalue weighted by atomic mass is 17.2. The van der Waals surface area contributed by atoms with E-state index in [2.05, 4.69) is 144 Å². The molecule has 0 heterocycles. The smallest absolute Gasteiger partial charge is 0.102 e. The minimum Gasteiger partial charge on any atom is -0.232 e. The van der Waals surface area contributed by atoms with Gasteiger partial charge in [-0.2, -0.15) is 0 Å². The predicted molar refractivity (Wildman–Crippen MR) is 164 cm³/mol. The van der Waals surface area contributed by atoms with Crippen LogP contribution < -0.4 is 0 Å². The Kier molecular flexibility index (Phi) is 11.3. The Labute approximate surface area is 235 Å². The lowest BCUT2D eigenvalue weighted by Crippen LogP contribution is -2.43. The maximum absolute atomic E-state index is 6.65. The Balaban J connectivity index is 2.37. The quantitative estimate of drug-likeness (QED) is 0.192. The largest absolute Gasteiger partial charge is 0.232 e. The number of hydrogen-bond acceptors (Lipinski definition) is 2. The van der Waals surface area contributed by atoms with Crippen LogP contribution >= 0.6 is 0 Å². The van der Waals surface area contributed by atoms with Gasteiger partial charge in [0.25, 0.3) is 0 Å². The summed E-state index contributed by atoms with van der Waals surface area (Å²) in [7, 11) is 0. The van der Waals surface area contributed by atoms with Crippen LogP contribution in [0.1, 0.15) is 120 Å². The molecule has 0 amide bonds. The van der Waals surface area contributed by atoms with Gasteiger partial charge < -0.3 is 0 Å². The molecule has 2 aromatic rings. The first kappa shape index (κ1) is 32.6. The van der Waals surface area contributed by atoms with Crippen molar-refractivity contribution >= 4 is 0 Å². The summed E-state index contributed by atoms with van der Waals surface area (Å²) in [6, 6.07) is 21.6. The van der Waals surface area contributed by atoms with Crippen molar-refractivity contribution in [3.05, 3.63) is 71.8 Å². The highest BCUT2D eigenvalue weighted by Gasteiger charge is 2.39. The molecule has 214 valence electrons. The van der Waals surface area contributed by atoms with Gasteiger partial charge in [-0.15, -0.1) is 0 Å². The maximum Gasteiger partial charge on any atom is 0.102 e. The first-order valence-electron chi connectivity index (χ1n) is 14.8. The van der Waals surface area contributed by atoms with Gasteiger partial charge in [0.05, 0.1) is 0 Å². The van der Waals surface area contributed by atoms with Gasteiger partial charge in [0, 0.05) is 10.8 Å². The molecule has 4 unspecified atom stereocenters. The van der Waals surface area contributed by atoms with Crippen LogP contribution in [0.25, 0.3) is 0 Å². The van der Waals surface area contributed by atoms with E-state index in [4.69, 9.17) is 9.78 Å². The second-order valence-corrected chi connectivity index (χ2v) is 15.6. The maximum atomic E-state index is 6.65. The average molecular weight is 523 g/mol. The SMILES string of the molecule is CC(CC(OOC(CC(C)CC(C)(C)C)C(C)(C)c1ccccc1)C(C)(C)c1ccccc1)CC(C)(C)C. The van der Waals surface area contributed by atoms with Crippen LogP contribution in [0.3, 0.4) is 0 Å². The van der Waals surface area contributed by atoms with E-state index in [1.54, 1.807) is 0 Å². The Morgan fingerprint density at radius 3 is 1.05 bits per heavy atom. The van der Waals surface area contributed by atoms with Crippen LogP contribution in [0, 0.1) is 22.7 Å². The van der Waals surface area contributed by atoms with Crippen molar-refractivity contribution in [2.75, 3.05) is 0 Å². The molecule has 0 saturated carbocycles. The highest BCUT2D eigenvalue weighted by Crippen LogP contribution is 2.39. The van der Waals surface area contributed by atoms with Crippen molar-refractivity contribution in [3.63, 3.8) is 0 Å². The first-order chi connectivity index (χ1) is 17.4. The molecule has 2 heteroatoms. The molecule has 2 rings (SSSR count). The van der Waals surface area contributed by atoms with E-state index in [1.807, 2.05) is 0 Å². The fraction of sp³-hybridized carbons (Fsp3) is 0.667. The molecule has 0 fully saturated rings. The zero-order chi connectivity index (χ0) is 28.8. The first-order valence-corrected chi connectivity index (χ1v) is 14.8. The Bertz CT molecular complexity index is 851. The Hall–Kier alpha value is -1.64. The zero-order valence-corrected chi connectivity index (χ0v) is 26.7. The molecular weight excluding hydrogens is 464 g/mol. The van der Waals surface area contributed by atoms with Crippen LogP contribution in [0.5, 0.6) is 0 Å². The predicted octanol–water partition coefficient (Wildman–Crippen LogP) is 10.6. The monoisotopic (exact) mass is 522 g/mol. The third-order valence-electron chi connectivity index (χ3n) is 8.09. The van der Waals surface area contributed by atoms with Crippen molar-refractivity contribution in [2.45, 2.75) is 132 Å². The fourth-order valence-electron chi connectivity index (χ4n) is 6.14. The van der Waals surface area contributed by atoms with Crippen molar-refractivity contribution in [2.24, 2.45) is 22.7 Å².